The van der Waals surface area contributed by atoms with Crippen molar-refractivity contribution in [3.63, 3.8) is 0 Å². The highest BCUT2D eigenvalue weighted by Crippen LogP contribution is 2.37. The van der Waals surface area contributed by atoms with E-state index in [2.05, 4.69) is 5.32 Å². The normalized spacial score (nSPS) is 27.9. The number of aliphatic hydroxyl groups is 1. The molecule has 0 radical (unpaired) electrons. The molecule has 2 atom stereocenters. The summed E-state index contributed by atoms with van der Waals surface area (Å²) in [6.45, 7) is 3.20. The maximum Gasteiger partial charge on any atom is 0.254 e. The van der Waals surface area contributed by atoms with E-state index >= 15 is 0 Å². The molecule has 2 heterocycles. The van der Waals surface area contributed by atoms with E-state index in [1.165, 1.54) is 0 Å². The summed E-state index contributed by atoms with van der Waals surface area (Å²) in [7, 11) is 0. The lowest BCUT2D eigenvalue weighted by Crippen LogP contribution is -2.62. The summed E-state index contributed by atoms with van der Waals surface area (Å²) >= 11 is 5.95. The molecule has 0 saturated carbocycles. The Hall–Kier alpha value is -1.59. The van der Waals surface area contributed by atoms with Gasteiger partial charge in [0.2, 0.25) is 5.91 Å². The fourth-order valence-electron chi connectivity index (χ4n) is 3.65. The molecule has 2 saturated heterocycles. The van der Waals surface area contributed by atoms with Crippen LogP contribution in [0.2, 0.25) is 5.02 Å². The molecule has 6 heteroatoms. The van der Waals surface area contributed by atoms with Crippen LogP contribution in [-0.4, -0.2) is 47.6 Å². The van der Waals surface area contributed by atoms with Crippen molar-refractivity contribution >= 4 is 23.4 Å². The molecule has 1 spiro atoms. The van der Waals surface area contributed by atoms with Gasteiger partial charge >= 0.3 is 0 Å². The van der Waals surface area contributed by atoms with Crippen molar-refractivity contribution in [1.82, 2.24) is 10.2 Å². The van der Waals surface area contributed by atoms with Gasteiger partial charge in [0, 0.05) is 30.2 Å². The number of likely N-dealkylation sites (tertiary alicyclic amines) is 1. The molecule has 2 N–H and O–H groups in total. The third kappa shape index (κ3) is 2.83. The number of amides is 2. The van der Waals surface area contributed by atoms with Crippen molar-refractivity contribution in [2.45, 2.75) is 32.3 Å². The molecule has 1 unspecified atom stereocenters. The molecule has 0 aromatic heterocycles. The van der Waals surface area contributed by atoms with Crippen LogP contribution >= 0.6 is 11.6 Å². The lowest BCUT2D eigenvalue weighted by molar-refractivity contribution is -0.147. The van der Waals surface area contributed by atoms with Gasteiger partial charge in [-0.2, -0.15) is 0 Å². The maximum atomic E-state index is 12.8. The smallest absolute Gasteiger partial charge is 0.254 e. The molecule has 0 aliphatic carbocycles. The standard InChI is InChI=1S/C17H21ClN2O3/c1-11-9-12(18)3-4-13(11)15(22)20-8-5-14(21)17(10-20)6-2-7-19-16(17)23/h3-4,9,14,21H,2,5-8,10H2,1H3,(H,19,23)/t14?,17-/m1/s1. The van der Waals surface area contributed by atoms with Gasteiger partial charge in [-0.15, -0.1) is 0 Å². The zero-order valence-electron chi connectivity index (χ0n) is 13.1. The van der Waals surface area contributed by atoms with Gasteiger partial charge in [0.1, 0.15) is 0 Å². The summed E-state index contributed by atoms with van der Waals surface area (Å²) in [6, 6.07) is 5.18. The number of halogens is 1. The first kappa shape index (κ1) is 16.3. The largest absolute Gasteiger partial charge is 0.392 e. The van der Waals surface area contributed by atoms with Gasteiger partial charge in [0.05, 0.1) is 11.5 Å². The zero-order chi connectivity index (χ0) is 16.6. The third-order valence-corrected chi connectivity index (χ3v) is 5.26. The Kier molecular flexibility index (Phi) is 4.34. The molecular weight excluding hydrogens is 316 g/mol. The van der Waals surface area contributed by atoms with Crippen molar-refractivity contribution in [3.8, 4) is 0 Å². The summed E-state index contributed by atoms with van der Waals surface area (Å²) in [5.41, 5.74) is 0.542. The van der Waals surface area contributed by atoms with Crippen LogP contribution in [-0.2, 0) is 4.79 Å². The van der Waals surface area contributed by atoms with E-state index in [1.54, 1.807) is 23.1 Å². The summed E-state index contributed by atoms with van der Waals surface area (Å²) in [6.07, 6.45) is 1.16. The molecule has 1 aromatic rings. The van der Waals surface area contributed by atoms with Crippen LogP contribution in [0.25, 0.3) is 0 Å². The second kappa shape index (κ2) is 6.13. The molecule has 2 aliphatic heterocycles. The highest BCUT2D eigenvalue weighted by molar-refractivity contribution is 6.30. The number of benzene rings is 1. The van der Waals surface area contributed by atoms with E-state index in [1.807, 2.05) is 6.92 Å². The minimum Gasteiger partial charge on any atom is -0.392 e. The van der Waals surface area contributed by atoms with Gasteiger partial charge in [0.15, 0.2) is 0 Å². The lowest BCUT2D eigenvalue weighted by atomic mass is 9.71. The van der Waals surface area contributed by atoms with Gasteiger partial charge in [-0.05, 0) is 49.9 Å². The van der Waals surface area contributed by atoms with Gasteiger partial charge in [-0.1, -0.05) is 11.6 Å². The average Bonchev–Trinajstić information content (AvgIpc) is 2.52. The molecule has 2 aliphatic rings. The lowest BCUT2D eigenvalue weighted by Gasteiger charge is -2.46. The van der Waals surface area contributed by atoms with Gasteiger partial charge in [0.25, 0.3) is 5.91 Å². The van der Waals surface area contributed by atoms with E-state index in [9.17, 15) is 14.7 Å². The second-order valence-corrected chi connectivity index (χ2v) is 6.94. The van der Waals surface area contributed by atoms with Gasteiger partial charge < -0.3 is 15.3 Å². The van der Waals surface area contributed by atoms with Crippen LogP contribution in [0.1, 0.15) is 35.2 Å². The van der Waals surface area contributed by atoms with E-state index in [-0.39, 0.29) is 18.4 Å². The molecule has 1 aromatic carbocycles. The molecule has 124 valence electrons. The summed E-state index contributed by atoms with van der Waals surface area (Å²) < 4.78 is 0. The molecule has 2 amide bonds. The van der Waals surface area contributed by atoms with Crippen molar-refractivity contribution in [1.29, 1.82) is 0 Å². The Morgan fingerprint density at radius 3 is 2.96 bits per heavy atom. The first-order valence-electron chi connectivity index (χ1n) is 7.96. The van der Waals surface area contributed by atoms with E-state index in [4.69, 9.17) is 11.6 Å². The maximum absolute atomic E-state index is 12.8. The number of nitrogens with one attached hydrogen (secondary N) is 1. The Bertz CT molecular complexity index is 649. The third-order valence-electron chi connectivity index (χ3n) is 5.03. The number of aliphatic hydroxyl groups excluding tert-OH is 1. The highest BCUT2D eigenvalue weighted by Gasteiger charge is 2.50. The fourth-order valence-corrected chi connectivity index (χ4v) is 3.88. The minimum atomic E-state index is -0.869. The number of carbonyl (C=O) groups is 2. The SMILES string of the molecule is Cc1cc(Cl)ccc1C(=O)N1CCC(O)[C@@]2(CCCNC2=O)C1. The Labute approximate surface area is 140 Å². The van der Waals surface area contributed by atoms with E-state index in [0.29, 0.717) is 36.5 Å². The topological polar surface area (TPSA) is 69.6 Å². The van der Waals surface area contributed by atoms with E-state index in [0.717, 1.165) is 12.0 Å². The quantitative estimate of drug-likeness (QED) is 0.821. The summed E-state index contributed by atoms with van der Waals surface area (Å²) in [5.74, 6) is -0.245. The molecule has 5 nitrogen and oxygen atoms in total. The summed E-state index contributed by atoms with van der Waals surface area (Å²) in [4.78, 5) is 26.9. The second-order valence-electron chi connectivity index (χ2n) is 6.51. The van der Waals surface area contributed by atoms with E-state index < -0.39 is 11.5 Å². The molecule has 2 fully saturated rings. The van der Waals surface area contributed by atoms with Gasteiger partial charge in [-0.3, -0.25) is 9.59 Å². The molecule has 0 bridgehead atoms. The number of piperidine rings is 2. The Morgan fingerprint density at radius 1 is 1.48 bits per heavy atom. The number of hydrogen-bond acceptors (Lipinski definition) is 3. The van der Waals surface area contributed by atoms with Crippen LogP contribution in [0, 0.1) is 12.3 Å². The van der Waals surface area contributed by atoms with Crippen LogP contribution in [0.5, 0.6) is 0 Å². The fraction of sp³-hybridized carbons (Fsp3) is 0.529. The molecular formula is C17H21ClN2O3. The molecule has 3 rings (SSSR count). The highest BCUT2D eigenvalue weighted by atomic mass is 35.5. The van der Waals surface area contributed by atoms with Crippen LogP contribution in [0.3, 0.4) is 0 Å². The number of rotatable bonds is 1. The number of nitrogens with zero attached hydrogens (tertiary/aromatic N) is 1. The van der Waals surface area contributed by atoms with Crippen molar-refractivity contribution in [2.24, 2.45) is 5.41 Å². The van der Waals surface area contributed by atoms with Gasteiger partial charge in [-0.25, -0.2) is 0 Å². The predicted molar refractivity (Wildman–Crippen MR) is 87.4 cm³/mol. The monoisotopic (exact) mass is 336 g/mol. The predicted octanol–water partition coefficient (Wildman–Crippen LogP) is 1.75. The number of hydrogen-bond donors (Lipinski definition) is 2. The van der Waals surface area contributed by atoms with Crippen LogP contribution in [0.15, 0.2) is 18.2 Å². The number of aryl methyl sites for hydroxylation is 1. The summed E-state index contributed by atoms with van der Waals surface area (Å²) in [5, 5.41) is 13.8. The minimum absolute atomic E-state index is 0.108. The first-order valence-corrected chi connectivity index (χ1v) is 8.34. The Morgan fingerprint density at radius 2 is 2.26 bits per heavy atom. The van der Waals surface area contributed by atoms with Crippen molar-refractivity contribution in [3.05, 3.63) is 34.3 Å². The van der Waals surface area contributed by atoms with Crippen molar-refractivity contribution in [2.75, 3.05) is 19.6 Å². The first-order chi connectivity index (χ1) is 10.9. The van der Waals surface area contributed by atoms with Crippen LogP contribution < -0.4 is 5.32 Å². The van der Waals surface area contributed by atoms with Crippen molar-refractivity contribution < 1.29 is 14.7 Å². The number of carbonyl (C=O) groups excluding carboxylic acids is 2. The molecule has 23 heavy (non-hydrogen) atoms. The van der Waals surface area contributed by atoms with Crippen LogP contribution in [0.4, 0.5) is 0 Å². The average molecular weight is 337 g/mol. The Balaban J connectivity index is 1.86. The zero-order valence-corrected chi connectivity index (χ0v) is 13.9.